The summed E-state index contributed by atoms with van der Waals surface area (Å²) in [7, 11) is 1.59. The average molecular weight is 270 g/mol. The van der Waals surface area contributed by atoms with Crippen molar-refractivity contribution >= 4 is 11.9 Å². The molecule has 0 N–H and O–H groups in total. The molecule has 20 heavy (non-hydrogen) atoms. The Morgan fingerprint density at radius 3 is 2.60 bits per heavy atom. The maximum absolute atomic E-state index is 13.4. The van der Waals surface area contributed by atoms with E-state index >= 15 is 0 Å². The van der Waals surface area contributed by atoms with E-state index in [1.54, 1.807) is 43.5 Å². The molecule has 0 fully saturated rings. The number of ketones is 1. The van der Waals surface area contributed by atoms with Gasteiger partial charge in [-0.15, -0.1) is 0 Å². The lowest BCUT2D eigenvalue weighted by Gasteiger charge is -2.05. The molecule has 2 aromatic rings. The largest absolute Gasteiger partial charge is 0.496 e. The van der Waals surface area contributed by atoms with Crippen LogP contribution >= 0.6 is 0 Å². The van der Waals surface area contributed by atoms with E-state index in [1.807, 2.05) is 6.92 Å². The predicted octanol–water partition coefficient (Wildman–Crippen LogP) is 4.04. The van der Waals surface area contributed by atoms with Gasteiger partial charge in [-0.05, 0) is 48.9 Å². The molecule has 0 spiro atoms. The maximum Gasteiger partial charge on any atom is 0.185 e. The minimum atomic E-state index is -0.345. The molecule has 0 aliphatic carbocycles. The molecule has 0 aliphatic heterocycles. The Morgan fingerprint density at radius 2 is 1.95 bits per heavy atom. The van der Waals surface area contributed by atoms with Gasteiger partial charge in [0.15, 0.2) is 5.78 Å². The number of carbonyl (C=O) groups is 1. The Bertz CT molecular complexity index is 660. The van der Waals surface area contributed by atoms with Crippen LogP contribution in [0.4, 0.5) is 4.39 Å². The lowest BCUT2D eigenvalue weighted by Crippen LogP contribution is -1.96. The maximum atomic E-state index is 13.4. The molecule has 0 unspecified atom stereocenters. The van der Waals surface area contributed by atoms with E-state index < -0.39 is 0 Å². The van der Waals surface area contributed by atoms with Gasteiger partial charge in [-0.25, -0.2) is 4.39 Å². The number of benzene rings is 2. The number of halogens is 1. The summed E-state index contributed by atoms with van der Waals surface area (Å²) in [6, 6.07) is 11.5. The van der Waals surface area contributed by atoms with Gasteiger partial charge in [0.1, 0.15) is 11.6 Å². The highest BCUT2D eigenvalue weighted by molar-refractivity contribution is 6.07. The number of methoxy groups -OCH3 is 1. The summed E-state index contributed by atoms with van der Waals surface area (Å²) in [6.45, 7) is 1.87. The lowest BCUT2D eigenvalue weighted by molar-refractivity contribution is 0.104. The molecular weight excluding hydrogens is 255 g/mol. The van der Waals surface area contributed by atoms with Crippen LogP contribution in [-0.4, -0.2) is 12.9 Å². The minimum absolute atomic E-state index is 0.168. The highest BCUT2D eigenvalue weighted by Gasteiger charge is 2.05. The molecule has 0 bridgehead atoms. The summed E-state index contributed by atoms with van der Waals surface area (Å²) >= 11 is 0. The Hall–Kier alpha value is -2.42. The number of hydrogen-bond donors (Lipinski definition) is 0. The van der Waals surface area contributed by atoms with E-state index in [9.17, 15) is 9.18 Å². The fraction of sp³-hybridized carbons (Fsp3) is 0.118. The van der Waals surface area contributed by atoms with Crippen LogP contribution in [0.25, 0.3) is 6.08 Å². The molecule has 0 aromatic heterocycles. The van der Waals surface area contributed by atoms with Gasteiger partial charge in [0.05, 0.1) is 7.11 Å². The third-order valence-corrected chi connectivity index (χ3v) is 3.00. The number of hydrogen-bond acceptors (Lipinski definition) is 2. The zero-order valence-electron chi connectivity index (χ0n) is 11.4. The zero-order chi connectivity index (χ0) is 14.5. The number of rotatable bonds is 4. The summed E-state index contributed by atoms with van der Waals surface area (Å²) in [4.78, 5) is 12.0. The summed E-state index contributed by atoms with van der Waals surface area (Å²) < 4.78 is 18.6. The van der Waals surface area contributed by atoms with Gasteiger partial charge in [0, 0.05) is 11.1 Å². The summed E-state index contributed by atoms with van der Waals surface area (Å²) in [5, 5.41) is 0. The van der Waals surface area contributed by atoms with Crippen molar-refractivity contribution in [1.82, 2.24) is 0 Å². The minimum Gasteiger partial charge on any atom is -0.496 e. The summed E-state index contributed by atoms with van der Waals surface area (Å²) in [5.74, 6) is 0.223. The molecule has 2 rings (SSSR count). The first-order valence-corrected chi connectivity index (χ1v) is 6.23. The van der Waals surface area contributed by atoms with E-state index in [-0.39, 0.29) is 11.6 Å². The van der Waals surface area contributed by atoms with Crippen molar-refractivity contribution in [1.29, 1.82) is 0 Å². The number of ether oxygens (including phenoxy) is 1. The van der Waals surface area contributed by atoms with E-state index in [1.165, 1.54) is 18.2 Å². The monoisotopic (exact) mass is 270 g/mol. The van der Waals surface area contributed by atoms with E-state index in [0.29, 0.717) is 11.1 Å². The molecule has 3 heteroatoms. The Labute approximate surface area is 117 Å². The van der Waals surface area contributed by atoms with Crippen molar-refractivity contribution in [3.63, 3.8) is 0 Å². The molecule has 0 saturated heterocycles. The molecular formula is C17H15FO2. The third kappa shape index (κ3) is 3.12. The zero-order valence-corrected chi connectivity index (χ0v) is 11.4. The Balaban J connectivity index is 2.20. The van der Waals surface area contributed by atoms with E-state index in [0.717, 1.165) is 11.3 Å². The first-order chi connectivity index (χ1) is 9.61. The highest BCUT2D eigenvalue weighted by Crippen LogP contribution is 2.19. The van der Waals surface area contributed by atoms with Gasteiger partial charge in [-0.1, -0.05) is 18.2 Å². The third-order valence-electron chi connectivity index (χ3n) is 3.00. The first kappa shape index (κ1) is 14.0. The van der Waals surface area contributed by atoms with Gasteiger partial charge in [-0.3, -0.25) is 4.79 Å². The standard InChI is InChI=1S/C17H15FO2/c1-12-11-14(8-10-17(12)20-2)16(19)9-7-13-5-3-4-6-15(13)18/h3-11H,1-2H3/b9-7+. The molecule has 0 saturated carbocycles. The average Bonchev–Trinajstić information content (AvgIpc) is 2.46. The summed E-state index contributed by atoms with van der Waals surface area (Å²) in [5.41, 5.74) is 1.83. The number of carbonyl (C=O) groups excluding carboxylic acids is 1. The second-order valence-electron chi connectivity index (χ2n) is 4.40. The van der Waals surface area contributed by atoms with E-state index in [4.69, 9.17) is 4.74 Å². The van der Waals surface area contributed by atoms with Crippen molar-refractivity contribution in [2.75, 3.05) is 7.11 Å². The van der Waals surface area contributed by atoms with Crippen molar-refractivity contribution in [3.05, 3.63) is 71.0 Å². The van der Waals surface area contributed by atoms with Crippen LogP contribution in [0.15, 0.2) is 48.5 Å². The fourth-order valence-electron chi connectivity index (χ4n) is 1.90. The van der Waals surface area contributed by atoms with Crippen molar-refractivity contribution in [2.45, 2.75) is 6.92 Å². The number of aryl methyl sites for hydroxylation is 1. The molecule has 0 atom stereocenters. The van der Waals surface area contributed by atoms with Crippen molar-refractivity contribution < 1.29 is 13.9 Å². The normalized spacial score (nSPS) is 10.8. The lowest BCUT2D eigenvalue weighted by atomic mass is 10.1. The Kier molecular flexibility index (Phi) is 4.31. The molecule has 2 aromatic carbocycles. The molecule has 0 radical (unpaired) electrons. The van der Waals surface area contributed by atoms with Crippen LogP contribution in [-0.2, 0) is 0 Å². The summed E-state index contributed by atoms with van der Waals surface area (Å²) in [6.07, 6.45) is 2.86. The van der Waals surface area contributed by atoms with Crippen LogP contribution in [0.1, 0.15) is 21.5 Å². The van der Waals surface area contributed by atoms with Gasteiger partial charge >= 0.3 is 0 Å². The molecule has 0 heterocycles. The van der Waals surface area contributed by atoms with Crippen LogP contribution < -0.4 is 4.74 Å². The predicted molar refractivity (Wildman–Crippen MR) is 77.5 cm³/mol. The molecule has 0 amide bonds. The molecule has 2 nitrogen and oxygen atoms in total. The SMILES string of the molecule is COc1ccc(C(=O)/C=C/c2ccccc2F)cc1C. The molecule has 0 aliphatic rings. The number of allylic oxidation sites excluding steroid dienone is 1. The van der Waals surface area contributed by atoms with Crippen LogP contribution in [0.5, 0.6) is 5.75 Å². The smallest absolute Gasteiger partial charge is 0.185 e. The highest BCUT2D eigenvalue weighted by atomic mass is 19.1. The van der Waals surface area contributed by atoms with Crippen LogP contribution in [0.2, 0.25) is 0 Å². The van der Waals surface area contributed by atoms with Crippen LogP contribution in [0, 0.1) is 12.7 Å². The van der Waals surface area contributed by atoms with Crippen molar-refractivity contribution in [3.8, 4) is 5.75 Å². The topological polar surface area (TPSA) is 26.3 Å². The molecule has 102 valence electrons. The van der Waals surface area contributed by atoms with Gasteiger partial charge in [0.2, 0.25) is 0 Å². The van der Waals surface area contributed by atoms with Crippen LogP contribution in [0.3, 0.4) is 0 Å². The van der Waals surface area contributed by atoms with Gasteiger partial charge in [-0.2, -0.15) is 0 Å². The fourth-order valence-corrected chi connectivity index (χ4v) is 1.90. The van der Waals surface area contributed by atoms with Gasteiger partial charge < -0.3 is 4.74 Å². The first-order valence-electron chi connectivity index (χ1n) is 6.23. The van der Waals surface area contributed by atoms with Crippen molar-refractivity contribution in [2.24, 2.45) is 0 Å². The second kappa shape index (κ2) is 6.15. The second-order valence-corrected chi connectivity index (χ2v) is 4.40. The van der Waals surface area contributed by atoms with E-state index in [2.05, 4.69) is 0 Å². The van der Waals surface area contributed by atoms with Gasteiger partial charge in [0.25, 0.3) is 0 Å². The Morgan fingerprint density at radius 1 is 1.20 bits per heavy atom. The quantitative estimate of drug-likeness (QED) is 0.619.